The number of rotatable bonds is 10. The standard InChI is InChI=1S/C26H30N4O5S/c1-17-10-8-9-13-20(17)24(32)27-21(14-15-36-4)26(34)35-16-22(31)28-23-18(2)29(3)30(25(23)33)19-11-6-5-7-12-19/h5-13,21H,14-16H2,1-4H3,(H,27,32)(H,28,31)/t21-/m0/s1. The van der Waals surface area contributed by atoms with Crippen LogP contribution in [0.25, 0.3) is 5.69 Å². The molecule has 9 nitrogen and oxygen atoms in total. The number of nitrogens with zero attached hydrogens (tertiary/aromatic N) is 2. The number of anilines is 1. The summed E-state index contributed by atoms with van der Waals surface area (Å²) in [5.74, 6) is -1.14. The number of para-hydroxylation sites is 1. The molecule has 2 aromatic carbocycles. The first kappa shape index (κ1) is 26.8. The first-order valence-electron chi connectivity index (χ1n) is 11.4. The average molecular weight is 511 g/mol. The van der Waals surface area contributed by atoms with Crippen molar-refractivity contribution < 1.29 is 19.1 Å². The molecule has 0 unspecified atom stereocenters. The zero-order chi connectivity index (χ0) is 26.2. The maximum atomic E-state index is 13.0. The first-order valence-corrected chi connectivity index (χ1v) is 12.8. The Labute approximate surface area is 213 Å². The van der Waals surface area contributed by atoms with Gasteiger partial charge in [0.15, 0.2) is 6.61 Å². The molecule has 1 atom stereocenters. The van der Waals surface area contributed by atoms with E-state index in [1.807, 2.05) is 43.5 Å². The number of hydrogen-bond donors (Lipinski definition) is 2. The van der Waals surface area contributed by atoms with Crippen molar-refractivity contribution in [3.63, 3.8) is 0 Å². The first-order chi connectivity index (χ1) is 17.2. The largest absolute Gasteiger partial charge is 0.454 e. The molecule has 0 saturated carbocycles. The molecule has 36 heavy (non-hydrogen) atoms. The van der Waals surface area contributed by atoms with Gasteiger partial charge in [-0.05, 0) is 56.0 Å². The maximum Gasteiger partial charge on any atom is 0.329 e. The number of aryl methyl sites for hydroxylation is 1. The normalized spacial score (nSPS) is 11.6. The van der Waals surface area contributed by atoms with Crippen LogP contribution < -0.4 is 16.2 Å². The molecule has 3 aromatic rings. The van der Waals surface area contributed by atoms with Crippen molar-refractivity contribution in [2.75, 3.05) is 23.9 Å². The van der Waals surface area contributed by atoms with E-state index in [2.05, 4.69) is 10.6 Å². The fourth-order valence-corrected chi connectivity index (χ4v) is 4.14. The van der Waals surface area contributed by atoms with Gasteiger partial charge >= 0.3 is 5.97 Å². The molecule has 0 fully saturated rings. The Kier molecular flexibility index (Phi) is 9.13. The molecule has 0 aliphatic rings. The maximum absolute atomic E-state index is 13.0. The van der Waals surface area contributed by atoms with Gasteiger partial charge in [-0.2, -0.15) is 11.8 Å². The van der Waals surface area contributed by atoms with E-state index in [0.29, 0.717) is 29.1 Å². The van der Waals surface area contributed by atoms with Crippen LogP contribution in [0.15, 0.2) is 59.4 Å². The van der Waals surface area contributed by atoms with Crippen LogP contribution in [0.4, 0.5) is 5.69 Å². The van der Waals surface area contributed by atoms with E-state index in [-0.39, 0.29) is 11.6 Å². The molecule has 2 N–H and O–H groups in total. The van der Waals surface area contributed by atoms with Gasteiger partial charge in [-0.15, -0.1) is 0 Å². The average Bonchev–Trinajstić information content (AvgIpc) is 3.08. The Balaban J connectivity index is 1.66. The zero-order valence-corrected chi connectivity index (χ0v) is 21.6. The molecule has 10 heteroatoms. The van der Waals surface area contributed by atoms with E-state index in [0.717, 1.165) is 5.56 Å². The number of carbonyl (C=O) groups is 3. The molecule has 0 aliphatic carbocycles. The molecule has 1 heterocycles. The Bertz CT molecular complexity index is 1300. The van der Waals surface area contributed by atoms with E-state index in [1.165, 1.54) is 16.4 Å². The van der Waals surface area contributed by atoms with Gasteiger partial charge in [0.1, 0.15) is 11.7 Å². The monoisotopic (exact) mass is 510 g/mol. The van der Waals surface area contributed by atoms with Gasteiger partial charge in [-0.3, -0.25) is 19.1 Å². The van der Waals surface area contributed by atoms with E-state index < -0.39 is 30.1 Å². The van der Waals surface area contributed by atoms with Crippen molar-refractivity contribution in [1.82, 2.24) is 14.7 Å². The van der Waals surface area contributed by atoms with Crippen molar-refractivity contribution in [2.24, 2.45) is 7.05 Å². The minimum Gasteiger partial charge on any atom is -0.454 e. The molecule has 190 valence electrons. The zero-order valence-electron chi connectivity index (χ0n) is 20.7. The van der Waals surface area contributed by atoms with Crippen LogP contribution in [-0.2, 0) is 21.4 Å². The lowest BCUT2D eigenvalue weighted by Gasteiger charge is -2.18. The van der Waals surface area contributed by atoms with Gasteiger partial charge in [0.25, 0.3) is 17.4 Å². The predicted molar refractivity (Wildman–Crippen MR) is 141 cm³/mol. The number of carbonyl (C=O) groups excluding carboxylic acids is 3. The third kappa shape index (κ3) is 6.25. The number of ether oxygens (including phenoxy) is 1. The number of amides is 2. The van der Waals surface area contributed by atoms with Crippen molar-refractivity contribution in [2.45, 2.75) is 26.3 Å². The smallest absolute Gasteiger partial charge is 0.329 e. The predicted octanol–water partition coefficient (Wildman–Crippen LogP) is 2.83. The lowest BCUT2D eigenvalue weighted by molar-refractivity contribution is -0.149. The summed E-state index contributed by atoms with van der Waals surface area (Å²) in [6, 6.07) is 15.2. The molecule has 3 rings (SSSR count). The number of hydrogen-bond acceptors (Lipinski definition) is 6. The fourth-order valence-electron chi connectivity index (χ4n) is 3.67. The van der Waals surface area contributed by atoms with Crippen LogP contribution in [0.3, 0.4) is 0 Å². The Morgan fingerprint density at radius 2 is 1.69 bits per heavy atom. The second-order valence-electron chi connectivity index (χ2n) is 8.21. The lowest BCUT2D eigenvalue weighted by Crippen LogP contribution is -2.43. The third-order valence-corrected chi connectivity index (χ3v) is 6.40. The fraction of sp³-hybridized carbons (Fsp3) is 0.308. The quantitative estimate of drug-likeness (QED) is 0.406. The molecule has 0 radical (unpaired) electrons. The molecule has 0 aliphatic heterocycles. The van der Waals surface area contributed by atoms with Crippen molar-refractivity contribution >= 4 is 35.2 Å². The van der Waals surface area contributed by atoms with E-state index in [4.69, 9.17) is 4.74 Å². The van der Waals surface area contributed by atoms with Crippen LogP contribution in [-0.4, -0.2) is 51.8 Å². The molecule has 1 aromatic heterocycles. The highest BCUT2D eigenvalue weighted by Crippen LogP contribution is 2.14. The van der Waals surface area contributed by atoms with E-state index in [9.17, 15) is 19.2 Å². The highest BCUT2D eigenvalue weighted by molar-refractivity contribution is 7.98. The second kappa shape index (κ2) is 12.3. The van der Waals surface area contributed by atoms with Gasteiger partial charge in [0.05, 0.1) is 11.4 Å². The van der Waals surface area contributed by atoms with Crippen LogP contribution in [0.2, 0.25) is 0 Å². The number of esters is 1. The van der Waals surface area contributed by atoms with Gasteiger partial charge < -0.3 is 15.4 Å². The summed E-state index contributed by atoms with van der Waals surface area (Å²) in [5, 5.41) is 5.27. The number of thioether (sulfide) groups is 1. The number of aromatic nitrogens is 2. The summed E-state index contributed by atoms with van der Waals surface area (Å²) in [4.78, 5) is 51.0. The summed E-state index contributed by atoms with van der Waals surface area (Å²) >= 11 is 1.53. The Hall–Kier alpha value is -3.79. The molecular weight excluding hydrogens is 480 g/mol. The van der Waals surface area contributed by atoms with E-state index in [1.54, 1.807) is 42.9 Å². The van der Waals surface area contributed by atoms with Gasteiger partial charge in [0.2, 0.25) is 0 Å². The van der Waals surface area contributed by atoms with Crippen LogP contribution in [0, 0.1) is 13.8 Å². The SMILES string of the molecule is CSCC[C@H](NC(=O)c1ccccc1C)C(=O)OCC(=O)Nc1c(C)n(C)n(-c2ccccc2)c1=O. The molecule has 0 saturated heterocycles. The number of nitrogens with one attached hydrogen (secondary N) is 2. The van der Waals surface area contributed by atoms with Crippen molar-refractivity contribution in [3.8, 4) is 5.69 Å². The van der Waals surface area contributed by atoms with Crippen molar-refractivity contribution in [3.05, 3.63) is 81.8 Å². The van der Waals surface area contributed by atoms with Crippen LogP contribution >= 0.6 is 11.8 Å². The topological polar surface area (TPSA) is 111 Å². The van der Waals surface area contributed by atoms with Crippen molar-refractivity contribution in [1.29, 1.82) is 0 Å². The Morgan fingerprint density at radius 1 is 1.03 bits per heavy atom. The minimum absolute atomic E-state index is 0.106. The lowest BCUT2D eigenvalue weighted by atomic mass is 10.1. The van der Waals surface area contributed by atoms with Gasteiger partial charge in [0, 0.05) is 12.6 Å². The summed E-state index contributed by atoms with van der Waals surface area (Å²) in [6.07, 6.45) is 2.24. The van der Waals surface area contributed by atoms with Crippen LogP contribution in [0.1, 0.15) is 28.0 Å². The summed E-state index contributed by atoms with van der Waals surface area (Å²) in [6.45, 7) is 2.93. The van der Waals surface area contributed by atoms with Crippen LogP contribution in [0.5, 0.6) is 0 Å². The van der Waals surface area contributed by atoms with Gasteiger partial charge in [-0.25, -0.2) is 9.48 Å². The molecule has 0 spiro atoms. The van der Waals surface area contributed by atoms with E-state index >= 15 is 0 Å². The highest BCUT2D eigenvalue weighted by Gasteiger charge is 2.25. The number of benzene rings is 2. The van der Waals surface area contributed by atoms with Gasteiger partial charge in [-0.1, -0.05) is 36.4 Å². The summed E-state index contributed by atoms with van der Waals surface area (Å²) in [5.41, 5.74) is 2.16. The minimum atomic E-state index is -0.911. The summed E-state index contributed by atoms with van der Waals surface area (Å²) in [7, 11) is 1.72. The Morgan fingerprint density at radius 3 is 2.36 bits per heavy atom. The third-order valence-electron chi connectivity index (χ3n) is 5.75. The highest BCUT2D eigenvalue weighted by atomic mass is 32.2. The molecule has 2 amide bonds. The summed E-state index contributed by atoms with van der Waals surface area (Å²) < 4.78 is 8.29. The second-order valence-corrected chi connectivity index (χ2v) is 9.20. The molecular formula is C26H30N4O5S. The molecule has 0 bridgehead atoms.